The summed E-state index contributed by atoms with van der Waals surface area (Å²) >= 11 is 1.65. The molecule has 1 heterocycles. The van der Waals surface area contributed by atoms with Crippen LogP contribution in [-0.2, 0) is 4.79 Å². The van der Waals surface area contributed by atoms with Crippen molar-refractivity contribution in [3.05, 3.63) is 59.7 Å². The molecule has 1 unspecified atom stereocenters. The highest BCUT2D eigenvalue weighted by Gasteiger charge is 2.26. The lowest BCUT2D eigenvalue weighted by atomic mass is 10.2. The Hall–Kier alpha value is -1.94. The topological polar surface area (TPSA) is 32.3 Å². The van der Waals surface area contributed by atoms with Crippen molar-refractivity contribution in [3.8, 4) is 0 Å². The van der Waals surface area contributed by atoms with Gasteiger partial charge < -0.3 is 10.2 Å². The standard InChI is InChI=1S/C20H24N2OS/c1-15-8-9-16(2)19(12-15)24-14-20(23)22-11-10-18(13-22)21-17-6-4-3-5-7-17/h3-9,12,18,21H,10-11,13-14H2,1-2H3. The van der Waals surface area contributed by atoms with Crippen LogP contribution in [-0.4, -0.2) is 35.7 Å². The van der Waals surface area contributed by atoms with Gasteiger partial charge in [-0.25, -0.2) is 0 Å². The van der Waals surface area contributed by atoms with E-state index in [4.69, 9.17) is 0 Å². The maximum atomic E-state index is 12.5. The Labute approximate surface area is 148 Å². The molecule has 4 heteroatoms. The maximum Gasteiger partial charge on any atom is 0.233 e. The van der Waals surface area contributed by atoms with Crippen molar-refractivity contribution in [2.75, 3.05) is 24.2 Å². The number of hydrogen-bond acceptors (Lipinski definition) is 3. The van der Waals surface area contributed by atoms with E-state index in [0.29, 0.717) is 11.8 Å². The number of rotatable bonds is 5. The summed E-state index contributed by atoms with van der Waals surface area (Å²) in [5, 5.41) is 3.52. The van der Waals surface area contributed by atoms with Crippen molar-refractivity contribution in [1.29, 1.82) is 0 Å². The number of nitrogens with zero attached hydrogens (tertiary/aromatic N) is 1. The molecule has 24 heavy (non-hydrogen) atoms. The van der Waals surface area contributed by atoms with Crippen LogP contribution in [0.25, 0.3) is 0 Å². The van der Waals surface area contributed by atoms with Gasteiger partial charge in [0, 0.05) is 29.7 Å². The van der Waals surface area contributed by atoms with Gasteiger partial charge in [-0.15, -0.1) is 11.8 Å². The Bertz CT molecular complexity index is 702. The SMILES string of the molecule is Cc1ccc(C)c(SCC(=O)N2CCC(Nc3ccccc3)C2)c1. The molecular weight excluding hydrogens is 316 g/mol. The molecule has 3 rings (SSSR count). The number of anilines is 1. The summed E-state index contributed by atoms with van der Waals surface area (Å²) in [4.78, 5) is 15.7. The minimum Gasteiger partial charge on any atom is -0.380 e. The molecule has 1 saturated heterocycles. The fourth-order valence-electron chi connectivity index (χ4n) is 2.97. The predicted octanol–water partition coefficient (Wildman–Crippen LogP) is 4.11. The van der Waals surface area contributed by atoms with Crippen LogP contribution in [0.4, 0.5) is 5.69 Å². The van der Waals surface area contributed by atoms with Crippen molar-refractivity contribution in [2.45, 2.75) is 31.2 Å². The fraction of sp³-hybridized carbons (Fsp3) is 0.350. The summed E-state index contributed by atoms with van der Waals surface area (Å²) in [6, 6.07) is 17.0. The minimum atomic E-state index is 0.235. The molecule has 2 aromatic carbocycles. The number of carbonyl (C=O) groups is 1. The van der Waals surface area contributed by atoms with Crippen LogP contribution in [0.5, 0.6) is 0 Å². The number of para-hydroxylation sites is 1. The molecule has 1 aliphatic heterocycles. The van der Waals surface area contributed by atoms with Crippen LogP contribution < -0.4 is 5.32 Å². The summed E-state index contributed by atoms with van der Waals surface area (Å²) in [5.74, 6) is 0.751. The molecule has 0 radical (unpaired) electrons. The number of thioether (sulfide) groups is 1. The first kappa shape index (κ1) is 16.9. The van der Waals surface area contributed by atoms with E-state index in [-0.39, 0.29) is 5.91 Å². The zero-order valence-electron chi connectivity index (χ0n) is 14.3. The lowest BCUT2D eigenvalue weighted by Gasteiger charge is -2.18. The summed E-state index contributed by atoms with van der Waals surface area (Å²) < 4.78 is 0. The molecule has 1 aliphatic rings. The summed E-state index contributed by atoms with van der Waals surface area (Å²) in [6.07, 6.45) is 1.01. The van der Waals surface area contributed by atoms with Gasteiger partial charge in [0.1, 0.15) is 0 Å². The third kappa shape index (κ3) is 4.32. The third-order valence-electron chi connectivity index (χ3n) is 4.38. The summed E-state index contributed by atoms with van der Waals surface area (Å²) in [6.45, 7) is 5.82. The average molecular weight is 340 g/mol. The highest BCUT2D eigenvalue weighted by molar-refractivity contribution is 8.00. The van der Waals surface area contributed by atoms with Crippen LogP contribution >= 0.6 is 11.8 Å². The summed E-state index contributed by atoms with van der Waals surface area (Å²) in [5.41, 5.74) is 3.61. The number of amides is 1. The van der Waals surface area contributed by atoms with Gasteiger partial charge in [-0.05, 0) is 44.0 Å². The highest BCUT2D eigenvalue weighted by Crippen LogP contribution is 2.24. The first-order valence-electron chi connectivity index (χ1n) is 8.41. The molecule has 1 N–H and O–H groups in total. The fourth-order valence-corrected chi connectivity index (χ4v) is 3.99. The number of likely N-dealkylation sites (tertiary alicyclic amines) is 1. The second kappa shape index (κ2) is 7.75. The average Bonchev–Trinajstić information content (AvgIpc) is 3.05. The van der Waals surface area contributed by atoms with Gasteiger partial charge in [-0.3, -0.25) is 4.79 Å². The summed E-state index contributed by atoms with van der Waals surface area (Å²) in [7, 11) is 0. The predicted molar refractivity (Wildman–Crippen MR) is 102 cm³/mol. The van der Waals surface area contributed by atoms with Crippen LogP contribution in [0, 0.1) is 13.8 Å². The van der Waals surface area contributed by atoms with Crippen LogP contribution in [0.15, 0.2) is 53.4 Å². The Kier molecular flexibility index (Phi) is 5.46. The number of hydrogen-bond donors (Lipinski definition) is 1. The van der Waals surface area contributed by atoms with Crippen molar-refractivity contribution >= 4 is 23.4 Å². The first-order chi connectivity index (χ1) is 11.6. The maximum absolute atomic E-state index is 12.5. The van der Waals surface area contributed by atoms with E-state index in [0.717, 1.165) is 25.2 Å². The van der Waals surface area contributed by atoms with Gasteiger partial charge >= 0.3 is 0 Å². The van der Waals surface area contributed by atoms with Crippen LogP contribution in [0.1, 0.15) is 17.5 Å². The van der Waals surface area contributed by atoms with E-state index < -0.39 is 0 Å². The molecule has 0 aliphatic carbocycles. The normalized spacial score (nSPS) is 17.1. The molecule has 0 aromatic heterocycles. The largest absolute Gasteiger partial charge is 0.380 e. The van der Waals surface area contributed by atoms with Gasteiger partial charge in [0.2, 0.25) is 5.91 Å². The highest BCUT2D eigenvalue weighted by atomic mass is 32.2. The van der Waals surface area contributed by atoms with E-state index in [9.17, 15) is 4.79 Å². The second-order valence-electron chi connectivity index (χ2n) is 6.39. The lowest BCUT2D eigenvalue weighted by molar-refractivity contribution is -0.127. The van der Waals surface area contributed by atoms with Gasteiger partial charge in [-0.1, -0.05) is 35.9 Å². The quantitative estimate of drug-likeness (QED) is 0.832. The van der Waals surface area contributed by atoms with Gasteiger partial charge in [0.05, 0.1) is 5.75 Å². The Morgan fingerprint density at radius 3 is 2.79 bits per heavy atom. The Balaban J connectivity index is 1.50. The molecular formula is C20H24N2OS. The number of benzene rings is 2. The zero-order chi connectivity index (χ0) is 16.9. The molecule has 0 saturated carbocycles. The molecule has 126 valence electrons. The van der Waals surface area contributed by atoms with E-state index in [2.05, 4.69) is 49.5 Å². The smallest absolute Gasteiger partial charge is 0.233 e. The van der Waals surface area contributed by atoms with Crippen LogP contribution in [0.2, 0.25) is 0 Å². The van der Waals surface area contributed by atoms with E-state index in [1.807, 2.05) is 23.1 Å². The van der Waals surface area contributed by atoms with Gasteiger partial charge in [0.15, 0.2) is 0 Å². The van der Waals surface area contributed by atoms with E-state index in [1.54, 1.807) is 11.8 Å². The van der Waals surface area contributed by atoms with Crippen LogP contribution in [0.3, 0.4) is 0 Å². The van der Waals surface area contributed by atoms with Crippen molar-refractivity contribution in [3.63, 3.8) is 0 Å². The van der Waals surface area contributed by atoms with E-state index >= 15 is 0 Å². The first-order valence-corrected chi connectivity index (χ1v) is 9.40. The zero-order valence-corrected chi connectivity index (χ0v) is 15.1. The monoisotopic (exact) mass is 340 g/mol. The minimum absolute atomic E-state index is 0.235. The van der Waals surface area contributed by atoms with E-state index in [1.165, 1.54) is 16.0 Å². The van der Waals surface area contributed by atoms with Gasteiger partial charge in [0.25, 0.3) is 0 Å². The molecule has 1 amide bonds. The molecule has 1 fully saturated rings. The molecule has 0 spiro atoms. The third-order valence-corrected chi connectivity index (χ3v) is 5.52. The number of nitrogens with one attached hydrogen (secondary N) is 1. The number of aryl methyl sites for hydroxylation is 2. The number of carbonyl (C=O) groups excluding carboxylic acids is 1. The van der Waals surface area contributed by atoms with Crippen molar-refractivity contribution in [1.82, 2.24) is 4.90 Å². The molecule has 3 nitrogen and oxygen atoms in total. The van der Waals surface area contributed by atoms with Crippen molar-refractivity contribution in [2.24, 2.45) is 0 Å². The lowest BCUT2D eigenvalue weighted by Crippen LogP contribution is -2.32. The Morgan fingerprint density at radius 2 is 2.00 bits per heavy atom. The Morgan fingerprint density at radius 1 is 1.21 bits per heavy atom. The second-order valence-corrected chi connectivity index (χ2v) is 7.41. The van der Waals surface area contributed by atoms with Gasteiger partial charge in [-0.2, -0.15) is 0 Å². The van der Waals surface area contributed by atoms with Crippen molar-refractivity contribution < 1.29 is 4.79 Å². The molecule has 1 atom stereocenters. The molecule has 2 aromatic rings. The molecule has 0 bridgehead atoms.